The normalized spacial score (nSPS) is 11.6. The van der Waals surface area contributed by atoms with Gasteiger partial charge in [0, 0.05) is 27.6 Å². The first-order valence-electron chi connectivity index (χ1n) is 10.6. The minimum absolute atomic E-state index is 0.189. The highest BCUT2D eigenvalue weighted by atomic mass is 79.9. The van der Waals surface area contributed by atoms with Crippen molar-refractivity contribution >= 4 is 38.9 Å². The van der Waals surface area contributed by atoms with Crippen LogP contribution in [0.2, 0.25) is 5.02 Å². The first-order chi connectivity index (χ1) is 16.0. The molecule has 0 N–H and O–H groups in total. The number of aryl methyl sites for hydroxylation is 2. The third-order valence-corrected chi connectivity index (χ3v) is 7.04. The van der Waals surface area contributed by atoms with Crippen molar-refractivity contribution in [3.05, 3.63) is 83.8 Å². The van der Waals surface area contributed by atoms with Crippen LogP contribution in [0.15, 0.2) is 51.2 Å². The standard InChI is InChI=1S/C25H24BrClN4O2S/c1-14-10-16(13-34-14)12-33-22-21(26)23(32)31(15(2)29-22)20-11-17(6-7-18(20)27)19-8-9-28-24(30-19)25(3,4)5/h6-11,13H,12H2,1-5H3. The van der Waals surface area contributed by atoms with Gasteiger partial charge < -0.3 is 4.74 Å². The highest BCUT2D eigenvalue weighted by molar-refractivity contribution is 9.10. The molecule has 0 saturated heterocycles. The largest absolute Gasteiger partial charge is 0.472 e. The van der Waals surface area contributed by atoms with Gasteiger partial charge in [0.25, 0.3) is 5.56 Å². The first kappa shape index (κ1) is 24.6. The topological polar surface area (TPSA) is 69.9 Å². The van der Waals surface area contributed by atoms with Crippen LogP contribution in [0, 0.1) is 13.8 Å². The summed E-state index contributed by atoms with van der Waals surface area (Å²) in [5.74, 6) is 1.45. The van der Waals surface area contributed by atoms with Gasteiger partial charge in [-0.25, -0.2) is 9.97 Å². The first-order valence-corrected chi connectivity index (χ1v) is 12.7. The van der Waals surface area contributed by atoms with Gasteiger partial charge in [0.2, 0.25) is 5.88 Å². The van der Waals surface area contributed by atoms with Crippen LogP contribution in [-0.2, 0) is 12.0 Å². The van der Waals surface area contributed by atoms with Crippen molar-refractivity contribution in [2.24, 2.45) is 0 Å². The van der Waals surface area contributed by atoms with E-state index >= 15 is 0 Å². The summed E-state index contributed by atoms with van der Waals surface area (Å²) in [5, 5.41) is 2.45. The highest BCUT2D eigenvalue weighted by Gasteiger charge is 2.20. The lowest BCUT2D eigenvalue weighted by Crippen LogP contribution is -2.24. The Hall–Kier alpha value is -2.55. The van der Waals surface area contributed by atoms with E-state index in [1.54, 1.807) is 30.5 Å². The molecule has 0 fully saturated rings. The van der Waals surface area contributed by atoms with Crippen molar-refractivity contribution < 1.29 is 4.74 Å². The molecule has 0 radical (unpaired) electrons. The van der Waals surface area contributed by atoms with Gasteiger partial charge in [-0.1, -0.05) is 38.4 Å². The minimum Gasteiger partial charge on any atom is -0.472 e. The zero-order valence-electron chi connectivity index (χ0n) is 19.5. The molecule has 4 rings (SSSR count). The lowest BCUT2D eigenvalue weighted by atomic mass is 9.95. The number of aromatic nitrogens is 4. The molecule has 34 heavy (non-hydrogen) atoms. The summed E-state index contributed by atoms with van der Waals surface area (Å²) in [6, 6.07) is 9.37. The fraction of sp³-hybridized carbons (Fsp3) is 0.280. The average molecular weight is 560 g/mol. The maximum atomic E-state index is 13.3. The molecule has 0 unspecified atom stereocenters. The van der Waals surface area contributed by atoms with Crippen molar-refractivity contribution in [3.8, 4) is 22.8 Å². The maximum absolute atomic E-state index is 13.3. The summed E-state index contributed by atoms with van der Waals surface area (Å²) in [6.45, 7) is 10.3. The molecule has 0 saturated carbocycles. The van der Waals surface area contributed by atoms with E-state index in [4.69, 9.17) is 21.3 Å². The Labute approximate surface area is 215 Å². The van der Waals surface area contributed by atoms with Crippen LogP contribution < -0.4 is 10.3 Å². The molecule has 9 heteroatoms. The number of nitrogens with zero attached hydrogens (tertiary/aromatic N) is 4. The third-order valence-electron chi connectivity index (χ3n) is 5.14. The Kier molecular flexibility index (Phi) is 6.94. The molecule has 1 aromatic carbocycles. The Balaban J connectivity index is 1.73. The summed E-state index contributed by atoms with van der Waals surface area (Å²) < 4.78 is 7.56. The molecule has 0 aliphatic heterocycles. The minimum atomic E-state index is -0.305. The number of rotatable bonds is 5. The number of ether oxygens (including phenoxy) is 1. The molecule has 176 valence electrons. The number of hydrogen-bond acceptors (Lipinski definition) is 6. The van der Waals surface area contributed by atoms with Crippen LogP contribution in [-0.4, -0.2) is 19.5 Å². The van der Waals surface area contributed by atoms with Crippen molar-refractivity contribution in [2.45, 2.75) is 46.6 Å². The molecule has 4 aromatic rings. The second-order valence-corrected chi connectivity index (χ2v) is 11.3. The summed E-state index contributed by atoms with van der Waals surface area (Å²) in [4.78, 5) is 28.2. The Morgan fingerprint density at radius 2 is 1.91 bits per heavy atom. The smallest absolute Gasteiger partial charge is 0.276 e. The molecule has 3 aromatic heterocycles. The van der Waals surface area contributed by atoms with E-state index in [1.165, 1.54) is 9.44 Å². The molecule has 0 aliphatic carbocycles. The van der Waals surface area contributed by atoms with E-state index in [2.05, 4.69) is 52.7 Å². The zero-order valence-corrected chi connectivity index (χ0v) is 22.7. The molecule has 3 heterocycles. The van der Waals surface area contributed by atoms with Crippen LogP contribution in [0.3, 0.4) is 0 Å². The fourth-order valence-electron chi connectivity index (χ4n) is 3.41. The molecule has 0 bridgehead atoms. The molecule has 0 spiro atoms. The predicted molar refractivity (Wildman–Crippen MR) is 140 cm³/mol. The van der Waals surface area contributed by atoms with Crippen molar-refractivity contribution in [3.63, 3.8) is 0 Å². The number of thiophene rings is 1. The van der Waals surface area contributed by atoms with Crippen LogP contribution in [0.1, 0.15) is 42.9 Å². The number of benzene rings is 1. The van der Waals surface area contributed by atoms with Gasteiger partial charge in [-0.05, 0) is 59.4 Å². The van der Waals surface area contributed by atoms with Gasteiger partial charge in [0.1, 0.15) is 22.7 Å². The monoisotopic (exact) mass is 558 g/mol. The lowest BCUT2D eigenvalue weighted by molar-refractivity contribution is 0.289. The Morgan fingerprint density at radius 1 is 1.15 bits per heavy atom. The van der Waals surface area contributed by atoms with Crippen LogP contribution in [0.4, 0.5) is 0 Å². The van der Waals surface area contributed by atoms with E-state index in [1.807, 2.05) is 30.5 Å². The van der Waals surface area contributed by atoms with E-state index in [0.717, 1.165) is 22.6 Å². The zero-order chi connectivity index (χ0) is 24.6. The molecule has 6 nitrogen and oxygen atoms in total. The van der Waals surface area contributed by atoms with Crippen molar-refractivity contribution in [1.29, 1.82) is 0 Å². The molecule has 0 aliphatic rings. The van der Waals surface area contributed by atoms with Crippen LogP contribution in [0.5, 0.6) is 5.88 Å². The molecule has 0 amide bonds. The van der Waals surface area contributed by atoms with E-state index in [0.29, 0.717) is 23.1 Å². The van der Waals surface area contributed by atoms with Crippen LogP contribution >= 0.6 is 38.9 Å². The van der Waals surface area contributed by atoms with Gasteiger partial charge in [-0.15, -0.1) is 11.3 Å². The van der Waals surface area contributed by atoms with E-state index in [-0.39, 0.29) is 21.3 Å². The number of hydrogen-bond donors (Lipinski definition) is 0. The molecule has 0 atom stereocenters. The SMILES string of the molecule is Cc1cc(COc2nc(C)n(-c3cc(-c4ccnc(C(C)(C)C)n4)ccc3Cl)c(=O)c2Br)cs1. The van der Waals surface area contributed by atoms with Gasteiger partial charge >= 0.3 is 0 Å². The van der Waals surface area contributed by atoms with Gasteiger partial charge in [-0.3, -0.25) is 9.36 Å². The van der Waals surface area contributed by atoms with Crippen molar-refractivity contribution in [1.82, 2.24) is 19.5 Å². The second kappa shape index (κ2) is 9.60. The van der Waals surface area contributed by atoms with E-state index in [9.17, 15) is 4.79 Å². The molecular formula is C25H24BrClN4O2S. The fourth-order valence-corrected chi connectivity index (χ4v) is 4.69. The summed E-state index contributed by atoms with van der Waals surface area (Å²) in [5.41, 5.74) is 2.63. The maximum Gasteiger partial charge on any atom is 0.276 e. The van der Waals surface area contributed by atoms with Crippen molar-refractivity contribution in [2.75, 3.05) is 0 Å². The lowest BCUT2D eigenvalue weighted by Gasteiger charge is -2.18. The molecular weight excluding hydrogens is 536 g/mol. The summed E-state index contributed by atoms with van der Waals surface area (Å²) in [6.07, 6.45) is 1.74. The Morgan fingerprint density at radius 3 is 2.59 bits per heavy atom. The quantitative estimate of drug-likeness (QED) is 0.273. The highest BCUT2D eigenvalue weighted by Crippen LogP contribution is 2.30. The third kappa shape index (κ3) is 5.09. The van der Waals surface area contributed by atoms with E-state index < -0.39 is 0 Å². The Bertz CT molecular complexity index is 1430. The summed E-state index contributed by atoms with van der Waals surface area (Å²) in [7, 11) is 0. The van der Waals surface area contributed by atoms with Crippen LogP contribution in [0.25, 0.3) is 16.9 Å². The summed E-state index contributed by atoms with van der Waals surface area (Å²) >= 11 is 11.6. The predicted octanol–water partition coefficient (Wildman–Crippen LogP) is 6.66. The number of halogens is 2. The average Bonchev–Trinajstić information content (AvgIpc) is 3.21. The van der Waals surface area contributed by atoms with Gasteiger partial charge in [-0.2, -0.15) is 4.98 Å². The van der Waals surface area contributed by atoms with Gasteiger partial charge in [0.05, 0.1) is 16.4 Å². The second-order valence-electron chi connectivity index (χ2n) is 8.95. The van der Waals surface area contributed by atoms with Gasteiger partial charge in [0.15, 0.2) is 0 Å².